The first-order chi connectivity index (χ1) is 11.0. The first-order valence-electron chi connectivity index (χ1n) is 6.75. The highest BCUT2D eigenvalue weighted by atomic mass is 35.5. The Kier molecular flexibility index (Phi) is 5.96. The molecule has 1 N–H and O–H groups in total. The topological polar surface area (TPSA) is 68.3 Å². The molecule has 0 bridgehead atoms. The molecule has 0 saturated heterocycles. The van der Waals surface area contributed by atoms with Gasteiger partial charge in [0.05, 0.1) is 7.11 Å². The van der Waals surface area contributed by atoms with Crippen molar-refractivity contribution >= 4 is 35.1 Å². The Morgan fingerprint density at radius 1 is 1.26 bits per heavy atom. The lowest BCUT2D eigenvalue weighted by molar-refractivity contribution is -0.142. The molecule has 7 heteroatoms. The molecule has 1 amide bonds. The third-order valence-electron chi connectivity index (χ3n) is 3.13. The van der Waals surface area contributed by atoms with Gasteiger partial charge in [-0.15, -0.1) is 0 Å². The smallest absolute Gasteiger partial charge is 0.328 e. The highest BCUT2D eigenvalue weighted by Crippen LogP contribution is 2.22. The number of carbonyl (C=O) groups excluding carboxylic acids is 2. The molecule has 1 heterocycles. The van der Waals surface area contributed by atoms with Gasteiger partial charge < -0.3 is 10.1 Å². The summed E-state index contributed by atoms with van der Waals surface area (Å²) >= 11 is 12.0. The average molecular weight is 353 g/mol. The number of aromatic nitrogens is 1. The predicted molar refractivity (Wildman–Crippen MR) is 87.7 cm³/mol. The summed E-state index contributed by atoms with van der Waals surface area (Å²) in [6.07, 6.45) is 1.68. The molecule has 0 radical (unpaired) electrons. The molecule has 23 heavy (non-hydrogen) atoms. The molecular weight excluding hydrogens is 339 g/mol. The summed E-state index contributed by atoms with van der Waals surface area (Å²) in [7, 11) is 1.26. The van der Waals surface area contributed by atoms with Crippen molar-refractivity contribution in [3.63, 3.8) is 0 Å². The molecule has 120 valence electrons. The summed E-state index contributed by atoms with van der Waals surface area (Å²) < 4.78 is 4.74. The standard InChI is InChI=1S/C16H14Cl2N2O3/c1-23-16(22)14(8-10-5-6-11(17)9-12(10)18)20-15(21)13-4-2-3-7-19-13/h2-7,9,14H,8H2,1H3,(H,20,21)/t14-/m1/s1. The lowest BCUT2D eigenvalue weighted by Crippen LogP contribution is -2.43. The quantitative estimate of drug-likeness (QED) is 0.840. The number of esters is 1. The fraction of sp³-hybridized carbons (Fsp3) is 0.188. The lowest BCUT2D eigenvalue weighted by atomic mass is 10.1. The van der Waals surface area contributed by atoms with E-state index in [1.807, 2.05) is 0 Å². The van der Waals surface area contributed by atoms with E-state index in [1.54, 1.807) is 36.4 Å². The van der Waals surface area contributed by atoms with Gasteiger partial charge in [-0.3, -0.25) is 9.78 Å². The van der Waals surface area contributed by atoms with Gasteiger partial charge in [-0.1, -0.05) is 35.3 Å². The number of nitrogens with zero attached hydrogens (tertiary/aromatic N) is 1. The van der Waals surface area contributed by atoms with Crippen LogP contribution in [-0.2, 0) is 16.0 Å². The average Bonchev–Trinajstić information content (AvgIpc) is 2.56. The van der Waals surface area contributed by atoms with Gasteiger partial charge in [-0.2, -0.15) is 0 Å². The van der Waals surface area contributed by atoms with E-state index in [9.17, 15) is 9.59 Å². The summed E-state index contributed by atoms with van der Waals surface area (Å²) in [4.78, 5) is 28.0. The third-order valence-corrected chi connectivity index (χ3v) is 3.71. The Morgan fingerprint density at radius 3 is 2.65 bits per heavy atom. The first-order valence-corrected chi connectivity index (χ1v) is 7.50. The van der Waals surface area contributed by atoms with Gasteiger partial charge in [0.2, 0.25) is 0 Å². The minimum atomic E-state index is -0.881. The number of hydrogen-bond donors (Lipinski definition) is 1. The Labute approximate surface area is 143 Å². The second kappa shape index (κ2) is 7.94. The van der Waals surface area contributed by atoms with E-state index in [-0.39, 0.29) is 12.1 Å². The summed E-state index contributed by atoms with van der Waals surface area (Å²) in [6.45, 7) is 0. The van der Waals surface area contributed by atoms with E-state index in [2.05, 4.69) is 10.3 Å². The number of amides is 1. The predicted octanol–water partition coefficient (Wildman–Crippen LogP) is 2.90. The first kappa shape index (κ1) is 17.2. The van der Waals surface area contributed by atoms with Crippen LogP contribution in [0.4, 0.5) is 0 Å². The van der Waals surface area contributed by atoms with Crippen LogP contribution in [-0.4, -0.2) is 30.0 Å². The lowest BCUT2D eigenvalue weighted by Gasteiger charge is -2.17. The number of halogens is 2. The Balaban J connectivity index is 2.17. The molecule has 1 aromatic carbocycles. The molecule has 0 unspecified atom stereocenters. The van der Waals surface area contributed by atoms with Gasteiger partial charge in [0.15, 0.2) is 0 Å². The van der Waals surface area contributed by atoms with Gasteiger partial charge in [-0.25, -0.2) is 4.79 Å². The summed E-state index contributed by atoms with van der Waals surface area (Å²) in [5.74, 6) is -1.04. The van der Waals surface area contributed by atoms with Crippen LogP contribution in [0.3, 0.4) is 0 Å². The van der Waals surface area contributed by atoms with Crippen LogP contribution in [0.15, 0.2) is 42.6 Å². The summed E-state index contributed by atoms with van der Waals surface area (Å²) in [6, 6.07) is 9.00. The molecule has 1 atom stereocenters. The van der Waals surface area contributed by atoms with Gasteiger partial charge >= 0.3 is 5.97 Å². The van der Waals surface area contributed by atoms with Crippen LogP contribution < -0.4 is 5.32 Å². The minimum absolute atomic E-state index is 0.182. The molecule has 0 aliphatic rings. The van der Waals surface area contributed by atoms with Crippen LogP contribution in [0.2, 0.25) is 10.0 Å². The van der Waals surface area contributed by atoms with Crippen molar-refractivity contribution in [3.05, 3.63) is 63.9 Å². The largest absolute Gasteiger partial charge is 0.467 e. The third kappa shape index (κ3) is 4.68. The van der Waals surface area contributed by atoms with Gasteiger partial charge in [0.25, 0.3) is 5.91 Å². The van der Waals surface area contributed by atoms with E-state index in [4.69, 9.17) is 27.9 Å². The number of ether oxygens (including phenoxy) is 1. The molecule has 0 aliphatic carbocycles. The molecule has 0 fully saturated rings. The van der Waals surface area contributed by atoms with Crippen molar-refractivity contribution in [3.8, 4) is 0 Å². The zero-order chi connectivity index (χ0) is 16.8. The van der Waals surface area contributed by atoms with E-state index in [1.165, 1.54) is 13.3 Å². The number of carbonyl (C=O) groups is 2. The molecule has 0 spiro atoms. The van der Waals surface area contributed by atoms with Gasteiger partial charge in [-0.05, 0) is 29.8 Å². The summed E-state index contributed by atoms with van der Waals surface area (Å²) in [5, 5.41) is 3.51. The minimum Gasteiger partial charge on any atom is -0.467 e. The second-order valence-electron chi connectivity index (χ2n) is 4.70. The van der Waals surface area contributed by atoms with Gasteiger partial charge in [0, 0.05) is 22.7 Å². The van der Waals surface area contributed by atoms with Crippen LogP contribution in [0.1, 0.15) is 16.1 Å². The highest BCUT2D eigenvalue weighted by Gasteiger charge is 2.24. The maximum absolute atomic E-state index is 12.2. The second-order valence-corrected chi connectivity index (χ2v) is 5.55. The normalized spacial score (nSPS) is 11.6. The van der Waals surface area contributed by atoms with E-state index in [0.29, 0.717) is 15.6 Å². The number of methoxy groups -OCH3 is 1. The van der Waals surface area contributed by atoms with Crippen LogP contribution in [0, 0.1) is 0 Å². The number of benzene rings is 1. The van der Waals surface area contributed by atoms with Crippen molar-refractivity contribution in [1.29, 1.82) is 0 Å². The Hall–Kier alpha value is -2.11. The van der Waals surface area contributed by atoms with Crippen molar-refractivity contribution in [2.24, 2.45) is 0 Å². The Bertz CT molecular complexity index is 708. The summed E-state index contributed by atoms with van der Waals surface area (Å²) in [5.41, 5.74) is 0.886. The molecule has 0 aliphatic heterocycles. The number of pyridine rings is 1. The SMILES string of the molecule is COC(=O)[C@@H](Cc1ccc(Cl)cc1Cl)NC(=O)c1ccccn1. The van der Waals surface area contributed by atoms with Gasteiger partial charge in [0.1, 0.15) is 11.7 Å². The molecular formula is C16H14Cl2N2O3. The molecule has 0 saturated carbocycles. The molecule has 5 nitrogen and oxygen atoms in total. The number of hydrogen-bond acceptors (Lipinski definition) is 4. The van der Waals surface area contributed by atoms with Crippen molar-refractivity contribution in [2.75, 3.05) is 7.11 Å². The van der Waals surface area contributed by atoms with E-state index < -0.39 is 17.9 Å². The van der Waals surface area contributed by atoms with E-state index >= 15 is 0 Å². The van der Waals surface area contributed by atoms with Crippen molar-refractivity contribution in [1.82, 2.24) is 10.3 Å². The zero-order valence-corrected chi connectivity index (χ0v) is 13.8. The van der Waals surface area contributed by atoms with E-state index in [0.717, 1.165) is 0 Å². The van der Waals surface area contributed by atoms with Crippen molar-refractivity contribution < 1.29 is 14.3 Å². The molecule has 2 rings (SSSR count). The van der Waals surface area contributed by atoms with Crippen LogP contribution >= 0.6 is 23.2 Å². The monoisotopic (exact) mass is 352 g/mol. The van der Waals surface area contributed by atoms with Crippen LogP contribution in [0.25, 0.3) is 0 Å². The Morgan fingerprint density at radius 2 is 2.04 bits per heavy atom. The molecule has 1 aromatic heterocycles. The fourth-order valence-corrected chi connectivity index (χ4v) is 2.46. The van der Waals surface area contributed by atoms with Crippen LogP contribution in [0.5, 0.6) is 0 Å². The fourth-order valence-electron chi connectivity index (χ4n) is 1.97. The maximum atomic E-state index is 12.2. The highest BCUT2D eigenvalue weighted by molar-refractivity contribution is 6.35. The van der Waals surface area contributed by atoms with Crippen molar-refractivity contribution in [2.45, 2.75) is 12.5 Å². The maximum Gasteiger partial charge on any atom is 0.328 e. The molecule has 2 aromatic rings. The number of rotatable bonds is 5. The number of nitrogens with one attached hydrogen (secondary N) is 1. The zero-order valence-electron chi connectivity index (χ0n) is 12.3.